The summed E-state index contributed by atoms with van der Waals surface area (Å²) in [7, 11) is 0. The van der Waals surface area contributed by atoms with Crippen LogP contribution < -0.4 is 14.8 Å². The van der Waals surface area contributed by atoms with E-state index in [1.54, 1.807) is 0 Å². The summed E-state index contributed by atoms with van der Waals surface area (Å²) >= 11 is 0. The number of likely N-dealkylation sites (tertiary alicyclic amines) is 1. The lowest BCUT2D eigenvalue weighted by Gasteiger charge is -2.26. The number of nitrogens with zero attached hydrogens (tertiary/aromatic N) is 2. The average Bonchev–Trinajstić information content (AvgIpc) is 3.44. The van der Waals surface area contributed by atoms with E-state index in [4.69, 9.17) is 14.2 Å². The van der Waals surface area contributed by atoms with Gasteiger partial charge < -0.3 is 24.4 Å². The fraction of sp³-hybridized carbons (Fsp3) is 0.613. The summed E-state index contributed by atoms with van der Waals surface area (Å²) in [6.07, 6.45) is 5.95. The highest BCUT2D eigenvalue weighted by Crippen LogP contribution is 2.35. The molecule has 0 aliphatic carbocycles. The van der Waals surface area contributed by atoms with Gasteiger partial charge in [-0.2, -0.15) is 0 Å². The maximum atomic E-state index is 6.21. The number of hydrogen-bond acceptors (Lipinski definition) is 6. The Bertz CT molecular complexity index is 939. The van der Waals surface area contributed by atoms with Crippen LogP contribution >= 0.6 is 0 Å². The Morgan fingerprint density at radius 1 is 0.703 bits per heavy atom. The topological polar surface area (TPSA) is 46.2 Å². The van der Waals surface area contributed by atoms with E-state index in [1.807, 2.05) is 0 Å². The van der Waals surface area contributed by atoms with E-state index in [0.717, 1.165) is 90.0 Å². The smallest absolute Gasteiger partial charge is 0.122 e. The van der Waals surface area contributed by atoms with Crippen LogP contribution in [0.1, 0.15) is 43.2 Å². The molecule has 2 aliphatic heterocycles. The van der Waals surface area contributed by atoms with Gasteiger partial charge in [0.05, 0.1) is 26.4 Å². The molecular formula is C31H47N3O3. The highest BCUT2D eigenvalue weighted by atomic mass is 16.5. The summed E-state index contributed by atoms with van der Waals surface area (Å²) in [5.74, 6) is 1.96. The molecule has 0 amide bonds. The second-order valence-electron chi connectivity index (χ2n) is 10.4. The minimum atomic E-state index is 0.722. The van der Waals surface area contributed by atoms with Crippen molar-refractivity contribution >= 4 is 0 Å². The standard InChI is InChI=1S/C31H47N3O3/c1-26-28(29-11-6-13-31(27(29)2)37-23-9-19-33-16-3-4-17-33)10-5-12-30(26)36-22-8-15-32-14-7-18-34-20-24-35-25-21-34/h5-6,10-13,32H,3-4,7-9,14-25H2,1-2H3. The van der Waals surface area contributed by atoms with Crippen LogP contribution in [-0.2, 0) is 4.74 Å². The molecule has 2 aromatic carbocycles. The lowest BCUT2D eigenvalue weighted by atomic mass is 9.95. The zero-order valence-corrected chi connectivity index (χ0v) is 23.1. The maximum Gasteiger partial charge on any atom is 0.122 e. The number of benzene rings is 2. The summed E-state index contributed by atoms with van der Waals surface area (Å²) in [6, 6.07) is 12.8. The molecule has 1 N–H and O–H groups in total. The molecule has 0 radical (unpaired) electrons. The molecule has 2 fully saturated rings. The molecule has 0 aromatic heterocycles. The lowest BCUT2D eigenvalue weighted by Crippen LogP contribution is -2.37. The molecule has 0 saturated carbocycles. The normalized spacial score (nSPS) is 16.8. The van der Waals surface area contributed by atoms with Gasteiger partial charge in [-0.1, -0.05) is 24.3 Å². The van der Waals surface area contributed by atoms with Crippen LogP contribution in [0.25, 0.3) is 11.1 Å². The first-order valence-electron chi connectivity index (χ1n) is 14.4. The van der Waals surface area contributed by atoms with Gasteiger partial charge >= 0.3 is 0 Å². The van der Waals surface area contributed by atoms with E-state index in [0.29, 0.717) is 0 Å². The molecule has 6 nitrogen and oxygen atoms in total. The van der Waals surface area contributed by atoms with Crippen molar-refractivity contribution in [2.75, 3.05) is 78.8 Å². The van der Waals surface area contributed by atoms with Crippen molar-refractivity contribution in [1.29, 1.82) is 0 Å². The van der Waals surface area contributed by atoms with Crippen LogP contribution in [0.2, 0.25) is 0 Å². The van der Waals surface area contributed by atoms with E-state index in [9.17, 15) is 0 Å². The third-order valence-corrected chi connectivity index (χ3v) is 7.62. The van der Waals surface area contributed by atoms with Crippen LogP contribution in [0.3, 0.4) is 0 Å². The zero-order chi connectivity index (χ0) is 25.7. The summed E-state index contributed by atoms with van der Waals surface area (Å²) in [5.41, 5.74) is 4.83. The van der Waals surface area contributed by atoms with E-state index in [2.05, 4.69) is 65.4 Å². The third-order valence-electron chi connectivity index (χ3n) is 7.62. The first-order valence-corrected chi connectivity index (χ1v) is 14.4. The Hall–Kier alpha value is -2.12. The minimum Gasteiger partial charge on any atom is -0.493 e. The summed E-state index contributed by atoms with van der Waals surface area (Å²) in [5, 5.41) is 3.56. The Kier molecular flexibility index (Phi) is 11.6. The number of hydrogen-bond donors (Lipinski definition) is 1. The van der Waals surface area contributed by atoms with Gasteiger partial charge in [-0.3, -0.25) is 4.90 Å². The summed E-state index contributed by atoms with van der Waals surface area (Å²) in [4.78, 5) is 5.04. The van der Waals surface area contributed by atoms with Crippen molar-refractivity contribution in [3.63, 3.8) is 0 Å². The molecule has 2 aliphatic rings. The van der Waals surface area contributed by atoms with Gasteiger partial charge in [-0.15, -0.1) is 0 Å². The van der Waals surface area contributed by atoms with Crippen LogP contribution in [-0.4, -0.2) is 88.6 Å². The van der Waals surface area contributed by atoms with Crippen molar-refractivity contribution in [2.24, 2.45) is 0 Å². The van der Waals surface area contributed by atoms with Crippen molar-refractivity contribution in [3.05, 3.63) is 47.5 Å². The molecule has 2 heterocycles. The SMILES string of the molecule is Cc1c(OCCCNCCCN2CCOCC2)cccc1-c1cccc(OCCCN2CCCC2)c1C. The Balaban J connectivity index is 1.20. The zero-order valence-electron chi connectivity index (χ0n) is 23.1. The second kappa shape index (κ2) is 15.3. The average molecular weight is 510 g/mol. The highest BCUT2D eigenvalue weighted by molar-refractivity contribution is 5.74. The first-order chi connectivity index (χ1) is 18.2. The van der Waals surface area contributed by atoms with E-state index >= 15 is 0 Å². The van der Waals surface area contributed by atoms with Crippen LogP contribution in [0.5, 0.6) is 11.5 Å². The number of rotatable bonds is 15. The second-order valence-corrected chi connectivity index (χ2v) is 10.4. The van der Waals surface area contributed by atoms with Crippen LogP contribution in [0.15, 0.2) is 36.4 Å². The van der Waals surface area contributed by atoms with Gasteiger partial charge in [0.15, 0.2) is 0 Å². The number of ether oxygens (including phenoxy) is 3. The molecule has 2 aromatic rings. The van der Waals surface area contributed by atoms with Gasteiger partial charge in [0.2, 0.25) is 0 Å². The fourth-order valence-electron chi connectivity index (χ4n) is 5.36. The third kappa shape index (κ3) is 8.71. The lowest BCUT2D eigenvalue weighted by molar-refractivity contribution is 0.0374. The van der Waals surface area contributed by atoms with Crippen molar-refractivity contribution in [1.82, 2.24) is 15.1 Å². The van der Waals surface area contributed by atoms with Crippen LogP contribution in [0.4, 0.5) is 0 Å². The predicted molar refractivity (Wildman–Crippen MR) is 152 cm³/mol. The molecule has 2 saturated heterocycles. The fourth-order valence-corrected chi connectivity index (χ4v) is 5.36. The molecule has 6 heteroatoms. The highest BCUT2D eigenvalue weighted by Gasteiger charge is 2.14. The quantitative estimate of drug-likeness (QED) is 0.344. The van der Waals surface area contributed by atoms with Gasteiger partial charge in [0, 0.05) is 19.6 Å². The van der Waals surface area contributed by atoms with Gasteiger partial charge in [-0.05, 0) is 113 Å². The summed E-state index contributed by atoms with van der Waals surface area (Å²) in [6.45, 7) is 16.6. The van der Waals surface area contributed by atoms with E-state index in [1.165, 1.54) is 54.6 Å². The molecular weight excluding hydrogens is 462 g/mol. The monoisotopic (exact) mass is 509 g/mol. The molecule has 0 atom stereocenters. The molecule has 0 bridgehead atoms. The maximum absolute atomic E-state index is 6.21. The van der Waals surface area contributed by atoms with Crippen molar-refractivity contribution < 1.29 is 14.2 Å². The minimum absolute atomic E-state index is 0.722. The summed E-state index contributed by atoms with van der Waals surface area (Å²) < 4.78 is 17.8. The van der Waals surface area contributed by atoms with E-state index in [-0.39, 0.29) is 0 Å². The first kappa shape index (κ1) is 27.9. The van der Waals surface area contributed by atoms with Gasteiger partial charge in [0.25, 0.3) is 0 Å². The molecule has 4 rings (SSSR count). The molecule has 0 unspecified atom stereocenters. The Morgan fingerprint density at radius 2 is 1.24 bits per heavy atom. The van der Waals surface area contributed by atoms with Crippen LogP contribution in [0, 0.1) is 13.8 Å². The molecule has 37 heavy (non-hydrogen) atoms. The van der Waals surface area contributed by atoms with Gasteiger partial charge in [-0.25, -0.2) is 0 Å². The molecule has 0 spiro atoms. The van der Waals surface area contributed by atoms with E-state index < -0.39 is 0 Å². The van der Waals surface area contributed by atoms with Crippen molar-refractivity contribution in [3.8, 4) is 22.6 Å². The largest absolute Gasteiger partial charge is 0.493 e. The molecule has 204 valence electrons. The Morgan fingerprint density at radius 3 is 1.89 bits per heavy atom. The Labute approximate surface area is 224 Å². The number of morpholine rings is 1. The van der Waals surface area contributed by atoms with Gasteiger partial charge in [0.1, 0.15) is 11.5 Å². The number of nitrogens with one attached hydrogen (secondary N) is 1. The van der Waals surface area contributed by atoms with Crippen molar-refractivity contribution in [2.45, 2.75) is 46.0 Å². The predicted octanol–water partition coefficient (Wildman–Crippen LogP) is 4.92.